The summed E-state index contributed by atoms with van der Waals surface area (Å²) in [5.41, 5.74) is -0.366. The monoisotopic (exact) mass is 482 g/mol. The molecule has 6 nitrogen and oxygen atoms in total. The Bertz CT molecular complexity index is 953. The van der Waals surface area contributed by atoms with Crippen molar-refractivity contribution < 1.29 is 28.9 Å². The van der Waals surface area contributed by atoms with Crippen molar-refractivity contribution >= 4 is 18.0 Å². The predicted molar refractivity (Wildman–Crippen MR) is 131 cm³/mol. The second kappa shape index (κ2) is 9.70. The molecule has 190 valence electrons. The molecule has 5 rings (SSSR count). The highest BCUT2D eigenvalue weighted by molar-refractivity contribution is 5.87. The quantitative estimate of drug-likeness (QED) is 0.468. The molecule has 1 N–H and O–H groups in total. The highest BCUT2D eigenvalue weighted by Crippen LogP contribution is 2.64. The van der Waals surface area contributed by atoms with E-state index in [1.54, 1.807) is 6.08 Å². The number of carbonyl (C=O) groups is 2. The summed E-state index contributed by atoms with van der Waals surface area (Å²) in [4.78, 5) is 25.4. The Labute approximate surface area is 208 Å². The third-order valence-electron chi connectivity index (χ3n) is 9.33. The van der Waals surface area contributed by atoms with Crippen LogP contribution in [0, 0.1) is 23.7 Å². The molecular formula is C29H38O6. The van der Waals surface area contributed by atoms with Gasteiger partial charge in [0, 0.05) is 18.4 Å². The van der Waals surface area contributed by atoms with Crippen LogP contribution in [0.3, 0.4) is 0 Å². The fourth-order valence-corrected chi connectivity index (χ4v) is 7.73. The van der Waals surface area contributed by atoms with Crippen molar-refractivity contribution in [2.45, 2.75) is 88.6 Å². The molecule has 0 aromatic heterocycles. The molecular weight excluding hydrogens is 444 g/mol. The Balaban J connectivity index is 1.50. The van der Waals surface area contributed by atoms with Crippen molar-refractivity contribution in [1.82, 2.24) is 0 Å². The SMILES string of the molecule is C[C@@H]1CC[C@@H]2C1[C@H](OC(=O)/C=C/c1ccccc1)[C@]1(C3CCCCC3)C[C@@H](OC(=O)CO)[C@@]2(C)O1. The first-order valence-corrected chi connectivity index (χ1v) is 13.3. The Kier molecular flexibility index (Phi) is 6.79. The molecule has 2 aliphatic heterocycles. The minimum absolute atomic E-state index is 0.129. The number of hydrogen-bond donors (Lipinski definition) is 1. The van der Waals surface area contributed by atoms with Gasteiger partial charge in [0.05, 0.1) is 0 Å². The molecule has 0 spiro atoms. The van der Waals surface area contributed by atoms with E-state index in [4.69, 9.17) is 14.2 Å². The smallest absolute Gasteiger partial charge is 0.332 e. The third kappa shape index (κ3) is 4.33. The molecule has 35 heavy (non-hydrogen) atoms. The van der Waals surface area contributed by atoms with E-state index < -0.39 is 29.9 Å². The molecule has 7 atom stereocenters. The Morgan fingerprint density at radius 2 is 1.83 bits per heavy atom. The van der Waals surface area contributed by atoms with E-state index in [0.29, 0.717) is 12.3 Å². The standard InChI is InChI=1S/C29H38O6/c1-19-13-15-22-26(19)27(34-24(31)16-14-20-9-5-3-6-10-20)29(21-11-7-4-8-12-21)17-23(28(22,2)35-29)33-25(32)18-30/h3,5-6,9-10,14,16,19,21-23,26-27,30H,4,7-8,11-13,15,17-18H2,1-2H3/b16-14+/t19-,22-,23-,26?,27+,28+,29-/m1/s1. The first-order chi connectivity index (χ1) is 16.9. The van der Waals surface area contributed by atoms with Gasteiger partial charge in [0.2, 0.25) is 0 Å². The molecule has 1 aromatic carbocycles. The number of carbonyl (C=O) groups excluding carboxylic acids is 2. The largest absolute Gasteiger partial charge is 0.457 e. The number of benzene rings is 1. The van der Waals surface area contributed by atoms with Gasteiger partial charge in [-0.05, 0) is 62.0 Å². The van der Waals surface area contributed by atoms with Gasteiger partial charge in [0.15, 0.2) is 0 Å². The summed E-state index contributed by atoms with van der Waals surface area (Å²) in [5, 5.41) is 9.39. The topological polar surface area (TPSA) is 82.1 Å². The molecule has 1 unspecified atom stereocenters. The van der Waals surface area contributed by atoms with Gasteiger partial charge in [-0.15, -0.1) is 0 Å². The summed E-state index contributed by atoms with van der Waals surface area (Å²) in [6.07, 6.45) is 10.5. The van der Waals surface area contributed by atoms with Crippen LogP contribution < -0.4 is 0 Å². The maximum absolute atomic E-state index is 13.2. The lowest BCUT2D eigenvalue weighted by Gasteiger charge is -2.54. The molecule has 2 aliphatic carbocycles. The first-order valence-electron chi connectivity index (χ1n) is 13.3. The zero-order valence-corrected chi connectivity index (χ0v) is 20.9. The van der Waals surface area contributed by atoms with Crippen molar-refractivity contribution in [2.24, 2.45) is 23.7 Å². The van der Waals surface area contributed by atoms with Crippen LogP contribution in [-0.4, -0.2) is 47.1 Å². The normalized spacial score (nSPS) is 38.9. The van der Waals surface area contributed by atoms with Crippen LogP contribution in [0.2, 0.25) is 0 Å². The highest BCUT2D eigenvalue weighted by Gasteiger charge is 2.73. The lowest BCUT2D eigenvalue weighted by molar-refractivity contribution is -0.270. The van der Waals surface area contributed by atoms with Crippen molar-refractivity contribution in [3.05, 3.63) is 42.0 Å². The summed E-state index contributed by atoms with van der Waals surface area (Å²) < 4.78 is 19.2. The molecule has 4 fully saturated rings. The second-order valence-corrected chi connectivity index (χ2v) is 11.3. The van der Waals surface area contributed by atoms with Gasteiger partial charge in [-0.25, -0.2) is 9.59 Å². The van der Waals surface area contributed by atoms with E-state index in [-0.39, 0.29) is 29.8 Å². The maximum atomic E-state index is 13.2. The van der Waals surface area contributed by atoms with Crippen LogP contribution in [-0.2, 0) is 23.8 Å². The highest BCUT2D eigenvalue weighted by atomic mass is 16.6. The molecule has 4 aliphatic rings. The van der Waals surface area contributed by atoms with E-state index in [0.717, 1.165) is 44.1 Å². The number of ether oxygens (including phenoxy) is 3. The Hall–Kier alpha value is -2.18. The lowest BCUT2D eigenvalue weighted by Crippen LogP contribution is -2.63. The van der Waals surface area contributed by atoms with Gasteiger partial charge in [-0.2, -0.15) is 0 Å². The predicted octanol–water partition coefficient (Wildman–Crippen LogP) is 4.69. The van der Waals surface area contributed by atoms with Crippen LogP contribution in [0.5, 0.6) is 0 Å². The van der Waals surface area contributed by atoms with Crippen molar-refractivity contribution in [2.75, 3.05) is 6.61 Å². The summed E-state index contributed by atoms with van der Waals surface area (Å²) in [6.45, 7) is 3.69. The summed E-state index contributed by atoms with van der Waals surface area (Å²) >= 11 is 0. The second-order valence-electron chi connectivity index (χ2n) is 11.3. The van der Waals surface area contributed by atoms with E-state index >= 15 is 0 Å². The lowest BCUT2D eigenvalue weighted by atomic mass is 9.66. The van der Waals surface area contributed by atoms with Gasteiger partial charge in [-0.3, -0.25) is 0 Å². The third-order valence-corrected chi connectivity index (χ3v) is 9.33. The summed E-state index contributed by atoms with van der Waals surface area (Å²) in [6, 6.07) is 9.73. The van der Waals surface area contributed by atoms with Gasteiger partial charge >= 0.3 is 11.9 Å². The van der Waals surface area contributed by atoms with E-state index in [1.165, 1.54) is 12.5 Å². The fourth-order valence-electron chi connectivity index (χ4n) is 7.73. The number of fused-ring (bicyclic) bond motifs is 4. The Morgan fingerprint density at radius 1 is 1.09 bits per heavy atom. The number of rotatable bonds is 6. The molecule has 2 saturated carbocycles. The first kappa shape index (κ1) is 24.5. The average Bonchev–Trinajstić information content (AvgIpc) is 3.39. The number of aliphatic hydroxyl groups is 1. The summed E-state index contributed by atoms with van der Waals surface area (Å²) in [7, 11) is 0. The number of aliphatic hydroxyl groups excluding tert-OH is 1. The van der Waals surface area contributed by atoms with Crippen LogP contribution in [0.15, 0.2) is 36.4 Å². The molecule has 2 saturated heterocycles. The minimum atomic E-state index is -0.675. The zero-order valence-electron chi connectivity index (χ0n) is 20.9. The van der Waals surface area contributed by atoms with Gasteiger partial charge in [0.1, 0.15) is 30.0 Å². The number of hydrogen-bond acceptors (Lipinski definition) is 6. The fraction of sp³-hybridized carbons (Fsp3) is 0.655. The molecule has 0 radical (unpaired) electrons. The van der Waals surface area contributed by atoms with E-state index in [2.05, 4.69) is 13.8 Å². The molecule has 2 heterocycles. The minimum Gasteiger partial charge on any atom is -0.457 e. The zero-order chi connectivity index (χ0) is 24.6. The van der Waals surface area contributed by atoms with Crippen LogP contribution in [0.4, 0.5) is 0 Å². The Morgan fingerprint density at radius 3 is 2.54 bits per heavy atom. The molecule has 1 aromatic rings. The summed E-state index contributed by atoms with van der Waals surface area (Å²) in [5.74, 6) is -0.0536. The van der Waals surface area contributed by atoms with Crippen molar-refractivity contribution in [1.29, 1.82) is 0 Å². The van der Waals surface area contributed by atoms with Crippen molar-refractivity contribution in [3.63, 3.8) is 0 Å². The van der Waals surface area contributed by atoms with Gasteiger partial charge in [0.25, 0.3) is 0 Å². The van der Waals surface area contributed by atoms with E-state index in [1.807, 2.05) is 30.3 Å². The van der Waals surface area contributed by atoms with Gasteiger partial charge < -0.3 is 19.3 Å². The van der Waals surface area contributed by atoms with Crippen LogP contribution in [0.25, 0.3) is 6.08 Å². The van der Waals surface area contributed by atoms with Crippen LogP contribution in [0.1, 0.15) is 70.8 Å². The van der Waals surface area contributed by atoms with Crippen molar-refractivity contribution in [3.8, 4) is 0 Å². The average molecular weight is 483 g/mol. The molecule has 6 heteroatoms. The number of esters is 2. The van der Waals surface area contributed by atoms with Gasteiger partial charge in [-0.1, -0.05) is 56.5 Å². The molecule has 2 bridgehead atoms. The van der Waals surface area contributed by atoms with E-state index in [9.17, 15) is 14.7 Å². The maximum Gasteiger partial charge on any atom is 0.332 e. The molecule has 0 amide bonds. The van der Waals surface area contributed by atoms with Crippen LogP contribution >= 0.6 is 0 Å².